The second-order valence-corrected chi connectivity index (χ2v) is 8.51. The zero-order valence-electron chi connectivity index (χ0n) is 16.3. The molecule has 9 heteroatoms. The Balaban J connectivity index is 2.37. The van der Waals surface area contributed by atoms with Crippen molar-refractivity contribution in [1.29, 1.82) is 0 Å². The van der Waals surface area contributed by atoms with Crippen molar-refractivity contribution in [3.05, 3.63) is 47.0 Å². The number of aryl methyl sites for hydroxylation is 1. The van der Waals surface area contributed by atoms with Crippen LogP contribution in [-0.2, 0) is 14.8 Å². The predicted molar refractivity (Wildman–Crippen MR) is 111 cm³/mol. The van der Waals surface area contributed by atoms with Crippen LogP contribution in [0.15, 0.2) is 36.4 Å². The molecule has 0 fully saturated rings. The van der Waals surface area contributed by atoms with E-state index in [0.717, 1.165) is 16.1 Å². The molecule has 0 bridgehead atoms. The molecule has 0 heterocycles. The highest BCUT2D eigenvalue weighted by Gasteiger charge is 2.29. The van der Waals surface area contributed by atoms with Crippen molar-refractivity contribution >= 4 is 38.9 Å². The van der Waals surface area contributed by atoms with E-state index in [2.05, 4.69) is 5.32 Å². The monoisotopic (exact) mass is 426 g/mol. The molecule has 0 saturated heterocycles. The van der Waals surface area contributed by atoms with Crippen LogP contribution in [0.3, 0.4) is 0 Å². The third-order valence-corrected chi connectivity index (χ3v) is 5.65. The molecular formula is C19H23ClN2O5S. The van der Waals surface area contributed by atoms with Crippen LogP contribution in [-0.4, -0.2) is 40.8 Å². The number of ether oxygens (including phenoxy) is 2. The van der Waals surface area contributed by atoms with Crippen molar-refractivity contribution in [3.8, 4) is 11.5 Å². The minimum Gasteiger partial charge on any atom is -0.495 e. The Morgan fingerprint density at radius 1 is 1.11 bits per heavy atom. The summed E-state index contributed by atoms with van der Waals surface area (Å²) in [4.78, 5) is 12.8. The number of amides is 1. The fourth-order valence-corrected chi connectivity index (χ4v) is 4.10. The van der Waals surface area contributed by atoms with E-state index < -0.39 is 22.0 Å². The van der Waals surface area contributed by atoms with Gasteiger partial charge in [0.1, 0.15) is 17.5 Å². The summed E-state index contributed by atoms with van der Waals surface area (Å²) >= 11 is 6.08. The standard InChI is InChI=1S/C19H23ClN2O5S/c1-12-6-8-14(9-7-12)22(28(5,24)25)13(2)19(23)21-16-11-17(26-3)15(20)10-18(16)27-4/h6-11,13H,1-5H3,(H,21,23)/t13-/m0/s1. The average Bonchev–Trinajstić information content (AvgIpc) is 2.63. The molecule has 0 saturated carbocycles. The smallest absolute Gasteiger partial charge is 0.248 e. The number of halogens is 1. The molecule has 0 aliphatic rings. The molecule has 1 N–H and O–H groups in total. The maximum absolute atomic E-state index is 12.8. The summed E-state index contributed by atoms with van der Waals surface area (Å²) in [6.07, 6.45) is 1.06. The number of methoxy groups -OCH3 is 2. The lowest BCUT2D eigenvalue weighted by atomic mass is 10.2. The highest BCUT2D eigenvalue weighted by molar-refractivity contribution is 7.92. The van der Waals surface area contributed by atoms with Crippen LogP contribution in [0, 0.1) is 6.92 Å². The Bertz CT molecular complexity index is 961. The Morgan fingerprint density at radius 2 is 1.68 bits per heavy atom. The molecular weight excluding hydrogens is 404 g/mol. The lowest BCUT2D eigenvalue weighted by Gasteiger charge is -2.28. The van der Waals surface area contributed by atoms with Crippen LogP contribution in [0.25, 0.3) is 0 Å². The van der Waals surface area contributed by atoms with Crippen molar-refractivity contribution in [2.24, 2.45) is 0 Å². The van der Waals surface area contributed by atoms with Crippen LogP contribution in [0.5, 0.6) is 11.5 Å². The van der Waals surface area contributed by atoms with Gasteiger partial charge in [0.25, 0.3) is 0 Å². The molecule has 2 rings (SSSR count). The van der Waals surface area contributed by atoms with Gasteiger partial charge in [-0.25, -0.2) is 8.42 Å². The number of benzene rings is 2. The zero-order chi connectivity index (χ0) is 21.1. The van der Waals surface area contributed by atoms with E-state index in [9.17, 15) is 13.2 Å². The fraction of sp³-hybridized carbons (Fsp3) is 0.316. The number of sulfonamides is 1. The summed E-state index contributed by atoms with van der Waals surface area (Å²) in [5.41, 5.74) is 1.70. The van der Waals surface area contributed by atoms with Gasteiger partial charge in [0, 0.05) is 12.1 Å². The quantitative estimate of drug-likeness (QED) is 0.732. The zero-order valence-corrected chi connectivity index (χ0v) is 17.9. The van der Waals surface area contributed by atoms with Crippen LogP contribution in [0.1, 0.15) is 12.5 Å². The van der Waals surface area contributed by atoms with Crippen molar-refractivity contribution in [2.45, 2.75) is 19.9 Å². The molecule has 1 amide bonds. The average molecular weight is 427 g/mol. The first kappa shape index (κ1) is 21.8. The largest absolute Gasteiger partial charge is 0.495 e. The fourth-order valence-electron chi connectivity index (χ4n) is 2.70. The summed E-state index contributed by atoms with van der Waals surface area (Å²) in [5.74, 6) is 0.144. The van der Waals surface area contributed by atoms with Gasteiger partial charge >= 0.3 is 0 Å². The number of nitrogens with zero attached hydrogens (tertiary/aromatic N) is 1. The lowest BCUT2D eigenvalue weighted by Crippen LogP contribution is -2.45. The van der Waals surface area contributed by atoms with E-state index >= 15 is 0 Å². The van der Waals surface area contributed by atoms with Gasteiger partial charge in [-0.3, -0.25) is 9.10 Å². The highest BCUT2D eigenvalue weighted by Crippen LogP contribution is 2.36. The summed E-state index contributed by atoms with van der Waals surface area (Å²) in [5, 5.41) is 3.01. The number of carbonyl (C=O) groups is 1. The number of hydrogen-bond donors (Lipinski definition) is 1. The van der Waals surface area contributed by atoms with Crippen LogP contribution >= 0.6 is 11.6 Å². The molecule has 2 aromatic rings. The second kappa shape index (κ2) is 8.70. The van der Waals surface area contributed by atoms with Crippen LogP contribution < -0.4 is 19.1 Å². The summed E-state index contributed by atoms with van der Waals surface area (Å²) in [6.45, 7) is 3.40. The summed E-state index contributed by atoms with van der Waals surface area (Å²) in [7, 11) is -0.821. The first-order chi connectivity index (χ1) is 13.1. The Labute approximate surface area is 170 Å². The van der Waals surface area contributed by atoms with Crippen molar-refractivity contribution < 1.29 is 22.7 Å². The molecule has 0 spiro atoms. The lowest BCUT2D eigenvalue weighted by molar-refractivity contribution is -0.116. The molecule has 2 aromatic carbocycles. The summed E-state index contributed by atoms with van der Waals surface area (Å²) in [6, 6.07) is 8.90. The number of nitrogens with one attached hydrogen (secondary N) is 1. The van der Waals surface area contributed by atoms with Gasteiger partial charge in [-0.2, -0.15) is 0 Å². The molecule has 0 radical (unpaired) electrons. The van der Waals surface area contributed by atoms with Gasteiger partial charge in [-0.05, 0) is 26.0 Å². The molecule has 0 unspecified atom stereocenters. The topological polar surface area (TPSA) is 84.9 Å². The van der Waals surface area contributed by atoms with Crippen LogP contribution in [0.4, 0.5) is 11.4 Å². The van der Waals surface area contributed by atoms with Gasteiger partial charge < -0.3 is 14.8 Å². The van der Waals surface area contributed by atoms with Gasteiger partial charge in [0.15, 0.2) is 0 Å². The maximum Gasteiger partial charge on any atom is 0.248 e. The number of carbonyl (C=O) groups excluding carboxylic acids is 1. The van der Waals surface area contributed by atoms with Crippen molar-refractivity contribution in [1.82, 2.24) is 0 Å². The van der Waals surface area contributed by atoms with Crippen LogP contribution in [0.2, 0.25) is 5.02 Å². The predicted octanol–water partition coefficient (Wildman–Crippen LogP) is 3.46. The van der Waals surface area contributed by atoms with Gasteiger partial charge in [-0.15, -0.1) is 0 Å². The maximum atomic E-state index is 12.8. The molecule has 1 atom stereocenters. The van der Waals surface area contributed by atoms with E-state index in [1.807, 2.05) is 6.92 Å². The second-order valence-electron chi connectivity index (χ2n) is 6.25. The van der Waals surface area contributed by atoms with E-state index in [1.54, 1.807) is 24.3 Å². The normalized spacial score (nSPS) is 12.2. The number of hydrogen-bond acceptors (Lipinski definition) is 5. The minimum absolute atomic E-state index is 0.318. The highest BCUT2D eigenvalue weighted by atomic mass is 35.5. The third-order valence-electron chi connectivity index (χ3n) is 4.11. The van der Waals surface area contributed by atoms with E-state index in [4.69, 9.17) is 21.1 Å². The van der Waals surface area contributed by atoms with Crippen molar-refractivity contribution in [2.75, 3.05) is 30.1 Å². The van der Waals surface area contributed by atoms with E-state index in [0.29, 0.717) is 27.9 Å². The van der Waals surface area contributed by atoms with E-state index in [1.165, 1.54) is 33.3 Å². The Hall–Kier alpha value is -2.45. The van der Waals surface area contributed by atoms with Crippen molar-refractivity contribution in [3.63, 3.8) is 0 Å². The number of anilines is 2. The minimum atomic E-state index is -3.71. The first-order valence-electron chi connectivity index (χ1n) is 8.37. The Kier molecular flexibility index (Phi) is 6.79. The third kappa shape index (κ3) is 4.88. The molecule has 152 valence electrons. The SMILES string of the molecule is COc1cc(NC(=O)[C@H](C)N(c2ccc(C)cc2)S(C)(=O)=O)c(OC)cc1Cl. The molecule has 7 nitrogen and oxygen atoms in total. The Morgan fingerprint density at radius 3 is 2.18 bits per heavy atom. The van der Waals surface area contributed by atoms with Gasteiger partial charge in [-0.1, -0.05) is 29.3 Å². The van der Waals surface area contributed by atoms with Gasteiger partial charge in [0.2, 0.25) is 15.9 Å². The first-order valence-corrected chi connectivity index (χ1v) is 10.6. The number of rotatable bonds is 7. The molecule has 0 aromatic heterocycles. The molecule has 0 aliphatic heterocycles. The summed E-state index contributed by atoms with van der Waals surface area (Å²) < 4.78 is 36.2. The molecule has 28 heavy (non-hydrogen) atoms. The molecule has 0 aliphatic carbocycles. The van der Waals surface area contributed by atoms with Gasteiger partial charge in [0.05, 0.1) is 36.9 Å². The van der Waals surface area contributed by atoms with E-state index in [-0.39, 0.29) is 0 Å².